The fourth-order valence-corrected chi connectivity index (χ4v) is 4.31. The Bertz CT molecular complexity index is 585. The van der Waals surface area contributed by atoms with E-state index >= 15 is 0 Å². The Labute approximate surface area is 125 Å². The first-order chi connectivity index (χ1) is 10.2. The van der Waals surface area contributed by atoms with Crippen LogP contribution < -0.4 is 5.32 Å². The molecule has 3 aliphatic carbocycles. The molecule has 3 nitrogen and oxygen atoms in total. The minimum Gasteiger partial charge on any atom is -0.353 e. The molecule has 1 aromatic carbocycles. The Morgan fingerprint density at radius 1 is 1.05 bits per heavy atom. The van der Waals surface area contributed by atoms with Crippen LogP contribution in [0, 0.1) is 11.8 Å². The van der Waals surface area contributed by atoms with Gasteiger partial charge in [-0.3, -0.25) is 9.59 Å². The lowest BCUT2D eigenvalue weighted by Gasteiger charge is -2.22. The molecular formula is C18H21NO2. The summed E-state index contributed by atoms with van der Waals surface area (Å²) in [6, 6.07) is 8.79. The van der Waals surface area contributed by atoms with E-state index in [0.717, 1.165) is 25.7 Å². The van der Waals surface area contributed by atoms with Crippen molar-refractivity contribution < 1.29 is 9.59 Å². The number of fused-ring (bicyclic) bond motifs is 3. The fraction of sp³-hybridized carbons (Fsp3) is 0.556. The molecule has 0 spiro atoms. The summed E-state index contributed by atoms with van der Waals surface area (Å²) in [5.41, 5.74) is 2.82. The van der Waals surface area contributed by atoms with Crippen LogP contribution in [-0.2, 0) is 16.0 Å². The summed E-state index contributed by atoms with van der Waals surface area (Å²) in [6.45, 7) is 0. The van der Waals surface area contributed by atoms with Crippen LogP contribution in [0.5, 0.6) is 0 Å². The number of rotatable bonds is 2. The van der Waals surface area contributed by atoms with E-state index in [0.29, 0.717) is 30.5 Å². The third-order valence-electron chi connectivity index (χ3n) is 5.52. The van der Waals surface area contributed by atoms with Gasteiger partial charge < -0.3 is 5.32 Å². The summed E-state index contributed by atoms with van der Waals surface area (Å²) in [4.78, 5) is 23.8. The molecule has 1 amide bonds. The van der Waals surface area contributed by atoms with Crippen molar-refractivity contribution >= 4 is 11.7 Å². The van der Waals surface area contributed by atoms with Gasteiger partial charge in [-0.05, 0) is 48.6 Å². The summed E-state index contributed by atoms with van der Waals surface area (Å²) in [7, 11) is 0. The van der Waals surface area contributed by atoms with Gasteiger partial charge in [-0.25, -0.2) is 0 Å². The Morgan fingerprint density at radius 2 is 1.81 bits per heavy atom. The Hall–Kier alpha value is -1.64. The highest BCUT2D eigenvalue weighted by Gasteiger charge is 2.57. The maximum Gasteiger partial charge on any atom is 0.224 e. The molecule has 0 aromatic heterocycles. The highest BCUT2D eigenvalue weighted by Crippen LogP contribution is 2.59. The van der Waals surface area contributed by atoms with E-state index in [1.165, 1.54) is 11.1 Å². The largest absolute Gasteiger partial charge is 0.353 e. The minimum absolute atomic E-state index is 0.172. The summed E-state index contributed by atoms with van der Waals surface area (Å²) >= 11 is 0. The lowest BCUT2D eigenvalue weighted by molar-refractivity contribution is -0.125. The summed E-state index contributed by atoms with van der Waals surface area (Å²) < 4.78 is 0. The number of aryl methyl sites for hydroxylation is 1. The van der Waals surface area contributed by atoms with E-state index in [2.05, 4.69) is 29.6 Å². The molecule has 1 N–H and O–H groups in total. The molecule has 0 bridgehead atoms. The van der Waals surface area contributed by atoms with Crippen LogP contribution in [0.3, 0.4) is 0 Å². The number of nitrogens with one attached hydrogen (secondary N) is 1. The lowest BCUT2D eigenvalue weighted by atomic mass is 9.92. The maximum absolute atomic E-state index is 12.5. The zero-order chi connectivity index (χ0) is 14.4. The molecule has 21 heavy (non-hydrogen) atoms. The molecule has 3 atom stereocenters. The Balaban J connectivity index is 1.42. The van der Waals surface area contributed by atoms with Crippen molar-refractivity contribution in [3.05, 3.63) is 35.4 Å². The van der Waals surface area contributed by atoms with Gasteiger partial charge in [0.15, 0.2) is 0 Å². The number of Topliss-reactive ketones (excluding diaryl/α,β-unsaturated/α-hetero) is 1. The van der Waals surface area contributed by atoms with Crippen LogP contribution in [0.4, 0.5) is 0 Å². The monoisotopic (exact) mass is 283 g/mol. The Morgan fingerprint density at radius 3 is 2.62 bits per heavy atom. The molecule has 3 heteroatoms. The fourth-order valence-electron chi connectivity index (χ4n) is 4.31. The molecule has 0 radical (unpaired) electrons. The van der Waals surface area contributed by atoms with E-state index in [-0.39, 0.29) is 17.9 Å². The number of hydrogen-bond acceptors (Lipinski definition) is 2. The lowest BCUT2D eigenvalue weighted by Crippen LogP contribution is -2.39. The van der Waals surface area contributed by atoms with Crippen LogP contribution in [-0.4, -0.2) is 17.7 Å². The summed E-state index contributed by atoms with van der Waals surface area (Å²) in [5, 5.41) is 3.20. The normalized spacial score (nSPS) is 31.2. The highest BCUT2D eigenvalue weighted by molar-refractivity contribution is 5.85. The van der Waals surface area contributed by atoms with Gasteiger partial charge in [0, 0.05) is 24.8 Å². The molecule has 3 unspecified atom stereocenters. The number of carbonyl (C=O) groups is 2. The molecule has 2 fully saturated rings. The number of benzene rings is 1. The molecule has 0 heterocycles. The van der Waals surface area contributed by atoms with Crippen molar-refractivity contribution in [3.8, 4) is 0 Å². The van der Waals surface area contributed by atoms with Crippen molar-refractivity contribution in [2.75, 3.05) is 0 Å². The molecule has 110 valence electrons. The predicted molar refractivity (Wildman–Crippen MR) is 79.9 cm³/mol. The standard InChI is InChI=1S/C18H21NO2/c20-13-8-6-12(7-9-13)19-18(21)17-15-10-5-11-3-1-2-4-14(11)16(15)17/h1-4,12,15-17H,5-10H2,(H,19,21). The van der Waals surface area contributed by atoms with Gasteiger partial charge in [0.05, 0.1) is 0 Å². The topological polar surface area (TPSA) is 46.2 Å². The van der Waals surface area contributed by atoms with Gasteiger partial charge >= 0.3 is 0 Å². The second-order valence-electron chi connectivity index (χ2n) is 6.77. The number of ketones is 1. The van der Waals surface area contributed by atoms with Crippen molar-refractivity contribution in [1.82, 2.24) is 5.32 Å². The number of hydrogen-bond donors (Lipinski definition) is 1. The first-order valence-electron chi connectivity index (χ1n) is 8.14. The third kappa shape index (κ3) is 2.29. The molecule has 1 aromatic rings. The van der Waals surface area contributed by atoms with Crippen molar-refractivity contribution in [2.24, 2.45) is 11.8 Å². The smallest absolute Gasteiger partial charge is 0.224 e. The van der Waals surface area contributed by atoms with Crippen LogP contribution >= 0.6 is 0 Å². The van der Waals surface area contributed by atoms with Crippen molar-refractivity contribution in [2.45, 2.75) is 50.5 Å². The van der Waals surface area contributed by atoms with Crippen LogP contribution in [0.15, 0.2) is 24.3 Å². The summed E-state index contributed by atoms with van der Waals surface area (Å²) in [5.74, 6) is 1.73. The van der Waals surface area contributed by atoms with Gasteiger partial charge in [0.25, 0.3) is 0 Å². The highest BCUT2D eigenvalue weighted by atomic mass is 16.2. The SMILES string of the molecule is O=C1CCC(NC(=O)C2C3CCc4ccccc4C32)CC1. The second kappa shape index (κ2) is 4.97. The van der Waals surface area contributed by atoms with Crippen LogP contribution in [0.1, 0.15) is 49.1 Å². The molecule has 0 saturated heterocycles. The molecule has 3 aliphatic rings. The van der Waals surface area contributed by atoms with Gasteiger partial charge in [-0.2, -0.15) is 0 Å². The quantitative estimate of drug-likeness (QED) is 0.907. The molecule has 4 rings (SSSR count). The van der Waals surface area contributed by atoms with Crippen LogP contribution in [0.2, 0.25) is 0 Å². The minimum atomic E-state index is 0.172. The average Bonchev–Trinajstić information content (AvgIpc) is 3.25. The molecule has 0 aliphatic heterocycles. The van der Waals surface area contributed by atoms with Crippen molar-refractivity contribution in [1.29, 1.82) is 0 Å². The predicted octanol–water partition coefficient (Wildman–Crippen LogP) is 2.59. The molecular weight excluding hydrogens is 262 g/mol. The van der Waals surface area contributed by atoms with Crippen LogP contribution in [0.25, 0.3) is 0 Å². The summed E-state index contributed by atoms with van der Waals surface area (Å²) in [6.07, 6.45) is 5.16. The average molecular weight is 283 g/mol. The van der Waals surface area contributed by atoms with Gasteiger partial charge in [-0.1, -0.05) is 24.3 Å². The van der Waals surface area contributed by atoms with Gasteiger partial charge in [0.2, 0.25) is 5.91 Å². The zero-order valence-corrected chi connectivity index (χ0v) is 12.2. The Kier molecular flexibility index (Phi) is 3.09. The van der Waals surface area contributed by atoms with E-state index in [1.807, 2.05) is 0 Å². The van der Waals surface area contributed by atoms with Gasteiger partial charge in [0.1, 0.15) is 5.78 Å². The van der Waals surface area contributed by atoms with Crippen molar-refractivity contribution in [3.63, 3.8) is 0 Å². The van der Waals surface area contributed by atoms with E-state index in [4.69, 9.17) is 0 Å². The zero-order valence-electron chi connectivity index (χ0n) is 12.2. The number of amides is 1. The van der Waals surface area contributed by atoms with Gasteiger partial charge in [-0.15, -0.1) is 0 Å². The number of carbonyl (C=O) groups excluding carboxylic acids is 2. The maximum atomic E-state index is 12.5. The first-order valence-corrected chi connectivity index (χ1v) is 8.14. The van der Waals surface area contributed by atoms with E-state index in [9.17, 15) is 9.59 Å². The molecule has 2 saturated carbocycles. The second-order valence-corrected chi connectivity index (χ2v) is 6.77. The first kappa shape index (κ1) is 13.1. The third-order valence-corrected chi connectivity index (χ3v) is 5.52. The van der Waals surface area contributed by atoms with E-state index < -0.39 is 0 Å². The van der Waals surface area contributed by atoms with E-state index in [1.54, 1.807) is 0 Å².